The van der Waals surface area contributed by atoms with Gasteiger partial charge in [-0.15, -0.1) is 0 Å². The van der Waals surface area contributed by atoms with E-state index >= 15 is 0 Å². The third-order valence-corrected chi connectivity index (χ3v) is 10.4. The van der Waals surface area contributed by atoms with Gasteiger partial charge < -0.3 is 4.90 Å². The Morgan fingerprint density at radius 2 is 1.04 bits per heavy atom. The van der Waals surface area contributed by atoms with E-state index in [0.717, 1.165) is 5.69 Å². The van der Waals surface area contributed by atoms with Crippen LogP contribution < -0.4 is 4.90 Å². The molecule has 0 unspecified atom stereocenters. The number of anilines is 3. The van der Waals surface area contributed by atoms with Gasteiger partial charge in [0.2, 0.25) is 0 Å². The minimum absolute atomic E-state index is 0.110. The molecule has 0 aromatic heterocycles. The zero-order valence-electron chi connectivity index (χ0n) is 27.0. The standard InChI is InChI=1S/C46H35N/c1-30-14-4-7-17-34(30)45-36-19-9-5-15-31(36)24-27-43(45)47(44-28-32-16-6-8-18-35(32)37-20-10-11-22-40(37)44)33-25-26-39-38-21-12-13-23-41(38)46(2,3)42(39)29-33/h4-29H,1-3H3. The van der Waals surface area contributed by atoms with Crippen LogP contribution in [0.5, 0.6) is 0 Å². The first-order valence-electron chi connectivity index (χ1n) is 16.5. The third-order valence-electron chi connectivity index (χ3n) is 10.4. The predicted octanol–water partition coefficient (Wildman–Crippen LogP) is 12.9. The quantitative estimate of drug-likeness (QED) is 0.181. The Morgan fingerprint density at radius 1 is 0.426 bits per heavy atom. The van der Waals surface area contributed by atoms with Crippen molar-refractivity contribution in [2.45, 2.75) is 26.2 Å². The number of aryl methyl sites for hydroxylation is 1. The topological polar surface area (TPSA) is 3.24 Å². The zero-order chi connectivity index (χ0) is 31.7. The number of fused-ring (bicyclic) bond motifs is 7. The normalized spacial score (nSPS) is 13.2. The van der Waals surface area contributed by atoms with Gasteiger partial charge in [0.1, 0.15) is 0 Å². The van der Waals surface area contributed by atoms with Crippen molar-refractivity contribution in [2.75, 3.05) is 4.90 Å². The highest BCUT2D eigenvalue weighted by Crippen LogP contribution is 2.53. The fourth-order valence-electron chi connectivity index (χ4n) is 8.04. The van der Waals surface area contributed by atoms with Gasteiger partial charge in [0.25, 0.3) is 0 Å². The van der Waals surface area contributed by atoms with Gasteiger partial charge in [0.05, 0.1) is 11.4 Å². The van der Waals surface area contributed by atoms with Crippen molar-refractivity contribution in [3.8, 4) is 22.3 Å². The molecule has 0 bridgehead atoms. The lowest BCUT2D eigenvalue weighted by atomic mass is 9.82. The highest BCUT2D eigenvalue weighted by atomic mass is 15.1. The Bertz CT molecular complexity index is 2520. The van der Waals surface area contributed by atoms with Gasteiger partial charge in [-0.2, -0.15) is 0 Å². The SMILES string of the molecule is Cc1ccccc1-c1c(N(c2ccc3c(c2)C(C)(C)c2ccccc2-3)c2cc3ccccc3c3ccccc23)ccc2ccccc12. The molecule has 1 aliphatic rings. The van der Waals surface area contributed by atoms with E-state index in [1.807, 2.05) is 0 Å². The maximum absolute atomic E-state index is 2.53. The van der Waals surface area contributed by atoms with Crippen molar-refractivity contribution >= 4 is 49.4 Å². The van der Waals surface area contributed by atoms with E-state index in [2.05, 4.69) is 183 Å². The van der Waals surface area contributed by atoms with Crippen molar-refractivity contribution in [1.82, 2.24) is 0 Å². The Labute approximate surface area is 276 Å². The lowest BCUT2D eigenvalue weighted by Crippen LogP contribution is -2.17. The predicted molar refractivity (Wildman–Crippen MR) is 201 cm³/mol. The number of hydrogen-bond donors (Lipinski definition) is 0. The average molecular weight is 602 g/mol. The van der Waals surface area contributed by atoms with Crippen LogP contribution in [0.3, 0.4) is 0 Å². The molecule has 0 aliphatic heterocycles. The molecule has 1 aliphatic carbocycles. The third kappa shape index (κ3) is 4.16. The molecular formula is C46H35N. The summed E-state index contributed by atoms with van der Waals surface area (Å²) in [7, 11) is 0. The molecule has 9 rings (SSSR count). The number of nitrogens with zero attached hydrogens (tertiary/aromatic N) is 1. The van der Waals surface area contributed by atoms with E-state index in [0.29, 0.717) is 0 Å². The summed E-state index contributed by atoms with van der Waals surface area (Å²) in [4.78, 5) is 2.53. The molecule has 8 aromatic carbocycles. The molecule has 1 nitrogen and oxygen atoms in total. The van der Waals surface area contributed by atoms with Crippen LogP contribution in [0.2, 0.25) is 0 Å². The van der Waals surface area contributed by atoms with Crippen molar-refractivity contribution in [2.24, 2.45) is 0 Å². The summed E-state index contributed by atoms with van der Waals surface area (Å²) < 4.78 is 0. The van der Waals surface area contributed by atoms with Crippen LogP contribution >= 0.6 is 0 Å². The van der Waals surface area contributed by atoms with E-state index in [4.69, 9.17) is 0 Å². The molecule has 0 amide bonds. The number of benzene rings is 8. The Hall–Kier alpha value is -5.66. The second-order valence-corrected chi connectivity index (χ2v) is 13.4. The van der Waals surface area contributed by atoms with Crippen molar-refractivity contribution in [1.29, 1.82) is 0 Å². The molecule has 0 N–H and O–H groups in total. The van der Waals surface area contributed by atoms with Crippen LogP contribution in [-0.4, -0.2) is 0 Å². The molecule has 0 saturated heterocycles. The molecule has 0 saturated carbocycles. The summed E-state index contributed by atoms with van der Waals surface area (Å²) in [5.41, 5.74) is 12.6. The minimum atomic E-state index is -0.110. The van der Waals surface area contributed by atoms with Gasteiger partial charge in [-0.3, -0.25) is 0 Å². The van der Waals surface area contributed by atoms with Gasteiger partial charge in [0.15, 0.2) is 0 Å². The van der Waals surface area contributed by atoms with Crippen LogP contribution in [0, 0.1) is 6.92 Å². The maximum Gasteiger partial charge on any atom is 0.0546 e. The van der Waals surface area contributed by atoms with Gasteiger partial charge in [0, 0.05) is 22.1 Å². The fraction of sp³-hybridized carbons (Fsp3) is 0.0870. The number of rotatable bonds is 4. The van der Waals surface area contributed by atoms with Crippen LogP contribution in [-0.2, 0) is 5.41 Å². The summed E-state index contributed by atoms with van der Waals surface area (Å²) in [6, 6.07) is 58.3. The molecule has 1 heteroatoms. The largest absolute Gasteiger partial charge is 0.309 e. The van der Waals surface area contributed by atoms with Gasteiger partial charge in [-0.1, -0.05) is 147 Å². The van der Waals surface area contributed by atoms with Crippen LogP contribution in [0.1, 0.15) is 30.5 Å². The zero-order valence-corrected chi connectivity index (χ0v) is 27.0. The lowest BCUT2D eigenvalue weighted by molar-refractivity contribution is 0.660. The average Bonchev–Trinajstić information content (AvgIpc) is 3.34. The number of hydrogen-bond acceptors (Lipinski definition) is 1. The van der Waals surface area contributed by atoms with E-state index in [1.165, 1.54) is 82.6 Å². The van der Waals surface area contributed by atoms with E-state index in [1.54, 1.807) is 0 Å². The van der Waals surface area contributed by atoms with Gasteiger partial charge in [-0.25, -0.2) is 0 Å². The fourth-order valence-corrected chi connectivity index (χ4v) is 8.04. The first-order chi connectivity index (χ1) is 23.0. The second-order valence-electron chi connectivity index (χ2n) is 13.4. The van der Waals surface area contributed by atoms with Crippen LogP contribution in [0.15, 0.2) is 158 Å². The van der Waals surface area contributed by atoms with Crippen molar-refractivity contribution < 1.29 is 0 Å². The molecule has 8 aromatic rings. The molecule has 47 heavy (non-hydrogen) atoms. The summed E-state index contributed by atoms with van der Waals surface area (Å²) in [5, 5.41) is 7.50. The minimum Gasteiger partial charge on any atom is -0.309 e. The van der Waals surface area contributed by atoms with Crippen LogP contribution in [0.25, 0.3) is 54.6 Å². The Balaban J connectivity index is 1.41. The highest BCUT2D eigenvalue weighted by molar-refractivity contribution is 6.16. The van der Waals surface area contributed by atoms with Gasteiger partial charge >= 0.3 is 0 Å². The van der Waals surface area contributed by atoms with Crippen LogP contribution in [0.4, 0.5) is 17.1 Å². The molecule has 0 spiro atoms. The summed E-state index contributed by atoms with van der Waals surface area (Å²) in [6.45, 7) is 6.96. The van der Waals surface area contributed by atoms with Gasteiger partial charge in [-0.05, 0) is 91.5 Å². The Kier molecular flexibility index (Phi) is 6.14. The first-order valence-corrected chi connectivity index (χ1v) is 16.5. The lowest BCUT2D eigenvalue weighted by Gasteiger charge is -2.32. The summed E-state index contributed by atoms with van der Waals surface area (Å²) >= 11 is 0. The Morgan fingerprint density at radius 3 is 1.85 bits per heavy atom. The molecule has 0 heterocycles. The van der Waals surface area contributed by atoms with Crippen molar-refractivity contribution in [3.63, 3.8) is 0 Å². The maximum atomic E-state index is 2.53. The molecule has 0 atom stereocenters. The molecule has 0 radical (unpaired) electrons. The molecule has 224 valence electrons. The smallest absolute Gasteiger partial charge is 0.0546 e. The van der Waals surface area contributed by atoms with E-state index in [-0.39, 0.29) is 5.41 Å². The molecular weight excluding hydrogens is 567 g/mol. The van der Waals surface area contributed by atoms with E-state index in [9.17, 15) is 0 Å². The molecule has 0 fully saturated rings. The highest BCUT2D eigenvalue weighted by Gasteiger charge is 2.36. The summed E-state index contributed by atoms with van der Waals surface area (Å²) in [6.07, 6.45) is 0. The van der Waals surface area contributed by atoms with E-state index < -0.39 is 0 Å². The monoisotopic (exact) mass is 601 g/mol. The summed E-state index contributed by atoms with van der Waals surface area (Å²) in [5.74, 6) is 0. The first kappa shape index (κ1) is 27.6. The second kappa shape index (κ2) is 10.4. The van der Waals surface area contributed by atoms with Crippen molar-refractivity contribution in [3.05, 3.63) is 174 Å².